The maximum Gasteiger partial charge on any atom is 0.336 e. The Morgan fingerprint density at radius 3 is 2.39 bits per heavy atom. The van der Waals surface area contributed by atoms with Gasteiger partial charge in [-0.2, -0.15) is 0 Å². The largest absolute Gasteiger partial charge is 0.336 e. The summed E-state index contributed by atoms with van der Waals surface area (Å²) < 4.78 is 2.54. The van der Waals surface area contributed by atoms with Crippen LogP contribution in [0.1, 0.15) is 12.5 Å². The summed E-state index contributed by atoms with van der Waals surface area (Å²) in [6.07, 6.45) is 0.779. The highest BCUT2D eigenvalue weighted by molar-refractivity contribution is 5.96. The molecule has 3 aromatic carbocycles. The van der Waals surface area contributed by atoms with Gasteiger partial charge in [0.05, 0.1) is 16.6 Å². The summed E-state index contributed by atoms with van der Waals surface area (Å²) in [5.74, 6) is -0.178. The van der Waals surface area contributed by atoms with Gasteiger partial charge in [0.1, 0.15) is 6.54 Å². The maximum atomic E-state index is 13.4. The van der Waals surface area contributed by atoms with Crippen LogP contribution < -0.4 is 16.1 Å². The molecule has 1 aliphatic rings. The average Bonchev–Trinajstić information content (AvgIpc) is 3.13. The van der Waals surface area contributed by atoms with Gasteiger partial charge in [-0.1, -0.05) is 48.5 Å². The molecule has 6 heteroatoms. The minimum absolute atomic E-state index is 0.00638. The second kappa shape index (κ2) is 7.40. The van der Waals surface area contributed by atoms with Crippen molar-refractivity contribution < 1.29 is 4.79 Å². The van der Waals surface area contributed by atoms with Gasteiger partial charge in [0.25, 0.3) is 5.56 Å². The molecule has 1 atom stereocenters. The predicted molar refractivity (Wildman–Crippen MR) is 121 cm³/mol. The Bertz CT molecular complexity index is 1420. The highest BCUT2D eigenvalue weighted by Gasteiger charge is 2.31. The molecule has 1 amide bonds. The quantitative estimate of drug-likeness (QED) is 0.520. The van der Waals surface area contributed by atoms with Crippen molar-refractivity contribution in [1.82, 2.24) is 9.13 Å². The molecular weight excluding hydrogens is 390 g/mol. The van der Waals surface area contributed by atoms with Crippen LogP contribution in [0.15, 0.2) is 88.5 Å². The van der Waals surface area contributed by atoms with Crippen LogP contribution in [0.3, 0.4) is 0 Å². The number of fused-ring (bicyclic) bond motifs is 2. The fourth-order valence-electron chi connectivity index (χ4n) is 4.44. The molecule has 0 unspecified atom stereocenters. The Morgan fingerprint density at radius 2 is 1.58 bits per heavy atom. The van der Waals surface area contributed by atoms with E-state index in [1.165, 1.54) is 4.57 Å². The predicted octanol–water partition coefficient (Wildman–Crippen LogP) is 3.13. The molecule has 1 aromatic heterocycles. The molecule has 1 aliphatic heterocycles. The lowest BCUT2D eigenvalue weighted by Crippen LogP contribution is -2.44. The van der Waals surface area contributed by atoms with Gasteiger partial charge in [0, 0.05) is 11.7 Å². The normalized spacial score (nSPS) is 15.3. The second-order valence-corrected chi connectivity index (χ2v) is 7.81. The first kappa shape index (κ1) is 19.1. The minimum atomic E-state index is -0.525. The Morgan fingerprint density at radius 1 is 0.903 bits per heavy atom. The van der Waals surface area contributed by atoms with Gasteiger partial charge in [0.2, 0.25) is 5.91 Å². The van der Waals surface area contributed by atoms with Crippen LogP contribution in [0.25, 0.3) is 16.6 Å². The summed E-state index contributed by atoms with van der Waals surface area (Å²) >= 11 is 0. The molecule has 0 aliphatic carbocycles. The number of hydrogen-bond donors (Lipinski definition) is 0. The molecule has 4 aromatic rings. The summed E-state index contributed by atoms with van der Waals surface area (Å²) in [7, 11) is 0. The molecular formula is C25H21N3O3. The van der Waals surface area contributed by atoms with Crippen LogP contribution in [0.2, 0.25) is 0 Å². The number of aromatic nitrogens is 2. The van der Waals surface area contributed by atoms with E-state index in [0.717, 1.165) is 22.2 Å². The summed E-state index contributed by atoms with van der Waals surface area (Å²) in [6, 6.07) is 23.6. The van der Waals surface area contributed by atoms with E-state index in [0.29, 0.717) is 16.6 Å². The van der Waals surface area contributed by atoms with Gasteiger partial charge in [-0.25, -0.2) is 9.36 Å². The molecule has 0 radical (unpaired) electrons. The summed E-state index contributed by atoms with van der Waals surface area (Å²) in [5.41, 5.74) is 2.02. The van der Waals surface area contributed by atoms with E-state index < -0.39 is 11.2 Å². The second-order valence-electron chi connectivity index (χ2n) is 7.81. The van der Waals surface area contributed by atoms with Crippen LogP contribution in [0.5, 0.6) is 0 Å². The van der Waals surface area contributed by atoms with Crippen molar-refractivity contribution in [3.05, 3.63) is 105 Å². The van der Waals surface area contributed by atoms with E-state index in [9.17, 15) is 14.4 Å². The lowest BCUT2D eigenvalue weighted by molar-refractivity contribution is -0.119. The lowest BCUT2D eigenvalue weighted by atomic mass is 10.1. The molecule has 0 saturated carbocycles. The monoisotopic (exact) mass is 411 g/mol. The molecule has 0 fully saturated rings. The van der Waals surface area contributed by atoms with Crippen molar-refractivity contribution in [1.29, 1.82) is 0 Å². The Hall–Kier alpha value is -3.93. The van der Waals surface area contributed by atoms with Crippen molar-refractivity contribution in [2.24, 2.45) is 0 Å². The highest BCUT2D eigenvalue weighted by atomic mass is 16.2. The van der Waals surface area contributed by atoms with Crippen molar-refractivity contribution in [2.45, 2.75) is 25.9 Å². The third-order valence-electron chi connectivity index (χ3n) is 5.83. The molecule has 0 bridgehead atoms. The summed E-state index contributed by atoms with van der Waals surface area (Å²) in [6.45, 7) is 1.86. The summed E-state index contributed by atoms with van der Waals surface area (Å²) in [4.78, 5) is 41.7. The van der Waals surface area contributed by atoms with E-state index in [1.807, 2.05) is 37.3 Å². The molecule has 2 heterocycles. The van der Waals surface area contributed by atoms with Crippen LogP contribution in [-0.2, 0) is 17.8 Å². The van der Waals surface area contributed by atoms with Crippen molar-refractivity contribution in [3.8, 4) is 5.69 Å². The van der Waals surface area contributed by atoms with E-state index in [1.54, 1.807) is 53.4 Å². The van der Waals surface area contributed by atoms with Gasteiger partial charge in [-0.3, -0.25) is 14.2 Å². The maximum absolute atomic E-state index is 13.4. The molecule has 31 heavy (non-hydrogen) atoms. The standard InChI is InChI=1S/C25H21N3O3/c1-17-15-18-9-5-7-13-21(18)27(17)23(29)16-26-22-14-8-6-12-20(22)24(30)28(25(26)31)19-10-3-2-4-11-19/h2-14,17H,15-16H2,1H3/t17-/m0/s1. The van der Waals surface area contributed by atoms with Crippen molar-refractivity contribution >= 4 is 22.5 Å². The minimum Gasteiger partial charge on any atom is -0.307 e. The van der Waals surface area contributed by atoms with Crippen LogP contribution in [0.4, 0.5) is 5.69 Å². The number of anilines is 1. The number of rotatable bonds is 3. The number of para-hydroxylation sites is 3. The number of hydrogen-bond acceptors (Lipinski definition) is 3. The van der Waals surface area contributed by atoms with Crippen LogP contribution in [-0.4, -0.2) is 21.1 Å². The number of carbonyl (C=O) groups excluding carboxylic acids is 1. The third kappa shape index (κ3) is 3.08. The highest BCUT2D eigenvalue weighted by Crippen LogP contribution is 2.32. The fourth-order valence-corrected chi connectivity index (χ4v) is 4.44. The van der Waals surface area contributed by atoms with Gasteiger partial charge in [-0.05, 0) is 49.2 Å². The first-order valence-corrected chi connectivity index (χ1v) is 10.3. The first-order valence-electron chi connectivity index (χ1n) is 10.3. The zero-order valence-electron chi connectivity index (χ0n) is 17.1. The van der Waals surface area contributed by atoms with Gasteiger partial charge < -0.3 is 4.90 Å². The average molecular weight is 411 g/mol. The topological polar surface area (TPSA) is 64.3 Å². The summed E-state index contributed by atoms with van der Waals surface area (Å²) in [5, 5.41) is 0.397. The molecule has 0 spiro atoms. The Labute approximate surface area is 178 Å². The van der Waals surface area contributed by atoms with E-state index >= 15 is 0 Å². The Balaban J connectivity index is 1.66. The number of nitrogens with zero attached hydrogens (tertiary/aromatic N) is 3. The van der Waals surface area contributed by atoms with Crippen molar-refractivity contribution in [3.63, 3.8) is 0 Å². The zero-order chi connectivity index (χ0) is 21.5. The molecule has 5 rings (SSSR count). The zero-order valence-corrected chi connectivity index (χ0v) is 17.1. The van der Waals surface area contributed by atoms with Crippen LogP contribution >= 0.6 is 0 Å². The van der Waals surface area contributed by atoms with E-state index in [-0.39, 0.29) is 18.5 Å². The van der Waals surface area contributed by atoms with Gasteiger partial charge in [0.15, 0.2) is 0 Å². The fraction of sp³-hybridized carbons (Fsp3) is 0.160. The van der Waals surface area contributed by atoms with E-state index in [2.05, 4.69) is 0 Å². The van der Waals surface area contributed by atoms with Crippen molar-refractivity contribution in [2.75, 3.05) is 4.90 Å². The Kier molecular flexibility index (Phi) is 4.55. The smallest absolute Gasteiger partial charge is 0.307 e. The van der Waals surface area contributed by atoms with Crippen LogP contribution in [0, 0.1) is 0 Å². The first-order chi connectivity index (χ1) is 15.1. The molecule has 154 valence electrons. The molecule has 0 saturated heterocycles. The lowest BCUT2D eigenvalue weighted by Gasteiger charge is -2.24. The SMILES string of the molecule is C[C@H]1Cc2ccccc2N1C(=O)Cn1c(=O)n(-c2ccccc2)c(=O)c2ccccc21. The number of carbonyl (C=O) groups is 1. The van der Waals surface area contributed by atoms with E-state index in [4.69, 9.17) is 0 Å². The number of amides is 1. The molecule has 6 nitrogen and oxygen atoms in total. The third-order valence-corrected chi connectivity index (χ3v) is 5.83. The number of benzene rings is 3. The molecule has 0 N–H and O–H groups in total. The van der Waals surface area contributed by atoms with Gasteiger partial charge in [-0.15, -0.1) is 0 Å². The van der Waals surface area contributed by atoms with Gasteiger partial charge >= 0.3 is 5.69 Å².